The molecule has 1 aromatic heterocycles. The van der Waals surface area contributed by atoms with Crippen molar-refractivity contribution in [2.24, 2.45) is 5.92 Å². The summed E-state index contributed by atoms with van der Waals surface area (Å²) in [5.41, 5.74) is 1.22. The highest BCUT2D eigenvalue weighted by molar-refractivity contribution is 7.09. The van der Waals surface area contributed by atoms with Crippen LogP contribution in [0, 0.1) is 12.8 Å². The molecule has 0 aromatic carbocycles. The first kappa shape index (κ1) is 12.3. The summed E-state index contributed by atoms with van der Waals surface area (Å²) >= 11 is 1.74. The van der Waals surface area contributed by atoms with Gasteiger partial charge in [0.2, 0.25) is 0 Å². The predicted molar refractivity (Wildman–Crippen MR) is 73.7 cm³/mol. The maximum absolute atomic E-state index is 5.93. The molecule has 2 aliphatic rings. The maximum atomic E-state index is 5.93. The molecular weight excluding hydrogens is 244 g/mol. The molecule has 2 heterocycles. The Labute approximate surface area is 112 Å². The second kappa shape index (κ2) is 5.11. The summed E-state index contributed by atoms with van der Waals surface area (Å²) < 4.78 is 5.93. The topological polar surface area (TPSA) is 25.4 Å². The second-order valence-electron chi connectivity index (χ2n) is 5.28. The molecule has 1 saturated carbocycles. The number of hydrogen-bond acceptors (Lipinski definition) is 4. The van der Waals surface area contributed by atoms with Crippen LogP contribution in [0.25, 0.3) is 0 Å². The normalized spacial score (nSPS) is 31.1. The lowest BCUT2D eigenvalue weighted by molar-refractivity contribution is 0.0445. The van der Waals surface area contributed by atoms with Crippen molar-refractivity contribution in [3.8, 4) is 0 Å². The third-order valence-electron chi connectivity index (χ3n) is 4.05. The molecule has 0 unspecified atom stereocenters. The van der Waals surface area contributed by atoms with Gasteiger partial charge in [0.25, 0.3) is 0 Å². The first-order valence-corrected chi connectivity index (χ1v) is 7.53. The Kier molecular flexibility index (Phi) is 3.50. The highest BCUT2D eigenvalue weighted by Gasteiger charge is 2.47. The minimum atomic E-state index is 0.419. The number of piperidine rings is 1. The van der Waals surface area contributed by atoms with Gasteiger partial charge in [0, 0.05) is 24.5 Å². The number of aromatic nitrogens is 1. The molecule has 0 radical (unpaired) electrons. The van der Waals surface area contributed by atoms with Gasteiger partial charge in [0.1, 0.15) is 0 Å². The van der Waals surface area contributed by atoms with E-state index in [1.54, 1.807) is 11.3 Å². The zero-order chi connectivity index (χ0) is 12.5. The highest BCUT2D eigenvalue weighted by atomic mass is 32.1. The molecule has 98 valence electrons. The summed E-state index contributed by atoms with van der Waals surface area (Å²) in [5.74, 6) is 0.717. The van der Waals surface area contributed by atoms with Gasteiger partial charge in [-0.3, -0.25) is 4.90 Å². The maximum Gasteiger partial charge on any atom is 0.0897 e. The minimum Gasteiger partial charge on any atom is -0.372 e. The van der Waals surface area contributed by atoms with E-state index in [0.717, 1.165) is 17.5 Å². The lowest BCUT2D eigenvalue weighted by atomic mass is 10.1. The molecule has 0 N–H and O–H groups in total. The number of likely N-dealkylation sites (tertiary alicyclic amines) is 1. The molecule has 0 spiro atoms. The minimum absolute atomic E-state index is 0.419. The largest absolute Gasteiger partial charge is 0.372 e. The fraction of sp³-hybridized carbons (Fsp3) is 0.643. The number of fused-ring (bicyclic) bond motifs is 2. The number of ether oxygens (including phenoxy) is 1. The number of thiazole rings is 1. The van der Waals surface area contributed by atoms with Gasteiger partial charge in [0.15, 0.2) is 0 Å². The van der Waals surface area contributed by atoms with Gasteiger partial charge < -0.3 is 4.74 Å². The van der Waals surface area contributed by atoms with Crippen LogP contribution in [0.1, 0.15) is 23.5 Å². The van der Waals surface area contributed by atoms with Crippen molar-refractivity contribution in [1.82, 2.24) is 9.88 Å². The van der Waals surface area contributed by atoms with E-state index in [-0.39, 0.29) is 0 Å². The molecule has 18 heavy (non-hydrogen) atoms. The molecule has 1 aliphatic carbocycles. The van der Waals surface area contributed by atoms with Crippen LogP contribution in [0.5, 0.6) is 0 Å². The Balaban J connectivity index is 1.64. The van der Waals surface area contributed by atoms with Crippen LogP contribution in [-0.2, 0) is 11.3 Å². The van der Waals surface area contributed by atoms with Crippen LogP contribution in [0.2, 0.25) is 0 Å². The van der Waals surface area contributed by atoms with Gasteiger partial charge in [-0.05, 0) is 25.7 Å². The quantitative estimate of drug-likeness (QED) is 0.764. The molecule has 4 heteroatoms. The van der Waals surface area contributed by atoms with Crippen LogP contribution in [0.3, 0.4) is 0 Å². The van der Waals surface area contributed by atoms with Crippen molar-refractivity contribution >= 4 is 11.3 Å². The van der Waals surface area contributed by atoms with Gasteiger partial charge in [0.05, 0.1) is 23.4 Å². The standard InChI is InChI=1S/C14H20N2OS/c1-3-6-17-14-11-4-5-13(14)16(7-11)8-12-9-18-10(2)15-12/h3,9,11,13-14H,1,4-8H2,2H3/t11-,13+,14-/m0/s1. The average molecular weight is 264 g/mol. The Bertz CT molecular complexity index is 431. The van der Waals surface area contributed by atoms with Gasteiger partial charge in [-0.2, -0.15) is 0 Å². The molecule has 3 atom stereocenters. The summed E-state index contributed by atoms with van der Waals surface area (Å²) in [4.78, 5) is 7.12. The monoisotopic (exact) mass is 264 g/mol. The fourth-order valence-corrected chi connectivity index (χ4v) is 3.95. The number of aryl methyl sites for hydroxylation is 1. The zero-order valence-electron chi connectivity index (χ0n) is 10.8. The highest BCUT2D eigenvalue weighted by Crippen LogP contribution is 2.40. The van der Waals surface area contributed by atoms with Gasteiger partial charge >= 0.3 is 0 Å². The Morgan fingerprint density at radius 2 is 2.50 bits per heavy atom. The molecule has 1 saturated heterocycles. The van der Waals surface area contributed by atoms with E-state index in [9.17, 15) is 0 Å². The third kappa shape index (κ3) is 2.25. The van der Waals surface area contributed by atoms with Crippen molar-refractivity contribution in [2.75, 3.05) is 13.2 Å². The molecule has 3 rings (SSSR count). The Hall–Kier alpha value is -0.710. The average Bonchev–Trinajstić information content (AvgIpc) is 3.02. The van der Waals surface area contributed by atoms with Crippen LogP contribution in [0.4, 0.5) is 0 Å². The van der Waals surface area contributed by atoms with E-state index in [2.05, 4.69) is 28.8 Å². The summed E-state index contributed by atoms with van der Waals surface area (Å²) in [6.45, 7) is 8.64. The SMILES string of the molecule is C=CCO[C@H]1[C@H]2CC[C@H]1N(Cc1csc(C)n1)C2. The smallest absolute Gasteiger partial charge is 0.0897 e. The molecule has 2 fully saturated rings. The van der Waals surface area contributed by atoms with Crippen molar-refractivity contribution in [3.05, 3.63) is 28.7 Å². The second-order valence-corrected chi connectivity index (χ2v) is 6.34. The molecule has 1 aromatic rings. The van der Waals surface area contributed by atoms with Gasteiger partial charge in [-0.25, -0.2) is 4.98 Å². The van der Waals surface area contributed by atoms with Crippen LogP contribution in [-0.4, -0.2) is 35.2 Å². The van der Waals surface area contributed by atoms with Crippen molar-refractivity contribution in [1.29, 1.82) is 0 Å². The van der Waals surface area contributed by atoms with Gasteiger partial charge in [-0.15, -0.1) is 17.9 Å². The van der Waals surface area contributed by atoms with Crippen molar-refractivity contribution < 1.29 is 4.74 Å². The molecule has 0 amide bonds. The number of hydrogen-bond donors (Lipinski definition) is 0. The Morgan fingerprint density at radius 3 is 3.22 bits per heavy atom. The number of nitrogens with zero attached hydrogens (tertiary/aromatic N) is 2. The molecule has 2 bridgehead atoms. The fourth-order valence-electron chi connectivity index (χ4n) is 3.35. The summed E-state index contributed by atoms with van der Waals surface area (Å²) in [5, 5.41) is 3.34. The van der Waals surface area contributed by atoms with Crippen LogP contribution < -0.4 is 0 Å². The van der Waals surface area contributed by atoms with E-state index in [1.807, 2.05) is 6.08 Å². The molecular formula is C14H20N2OS. The number of rotatable bonds is 5. The predicted octanol–water partition coefficient (Wildman–Crippen LogP) is 2.62. The lowest BCUT2D eigenvalue weighted by Crippen LogP contribution is -2.34. The lowest BCUT2D eigenvalue weighted by Gasteiger charge is -2.26. The first-order valence-electron chi connectivity index (χ1n) is 6.65. The van der Waals surface area contributed by atoms with E-state index < -0.39 is 0 Å². The Morgan fingerprint density at radius 1 is 1.61 bits per heavy atom. The van der Waals surface area contributed by atoms with E-state index >= 15 is 0 Å². The first-order chi connectivity index (χ1) is 8.78. The summed E-state index contributed by atoms with van der Waals surface area (Å²) in [6, 6.07) is 0.594. The zero-order valence-corrected chi connectivity index (χ0v) is 11.7. The van der Waals surface area contributed by atoms with Gasteiger partial charge in [-0.1, -0.05) is 6.08 Å². The van der Waals surface area contributed by atoms with Crippen LogP contribution >= 0.6 is 11.3 Å². The molecule has 1 aliphatic heterocycles. The van der Waals surface area contributed by atoms with Crippen molar-refractivity contribution in [2.45, 2.75) is 38.5 Å². The van der Waals surface area contributed by atoms with E-state index in [0.29, 0.717) is 18.8 Å². The summed E-state index contributed by atoms with van der Waals surface area (Å²) in [6.07, 6.45) is 4.86. The third-order valence-corrected chi connectivity index (χ3v) is 4.88. The van der Waals surface area contributed by atoms with Crippen LogP contribution in [0.15, 0.2) is 18.0 Å². The van der Waals surface area contributed by atoms with E-state index in [1.165, 1.54) is 25.1 Å². The van der Waals surface area contributed by atoms with Crippen molar-refractivity contribution in [3.63, 3.8) is 0 Å². The molecule has 3 nitrogen and oxygen atoms in total. The van der Waals surface area contributed by atoms with E-state index in [4.69, 9.17) is 4.74 Å². The summed E-state index contributed by atoms with van der Waals surface area (Å²) in [7, 11) is 0.